The molecule has 0 spiro atoms. The lowest BCUT2D eigenvalue weighted by Gasteiger charge is -2.50. The zero-order chi connectivity index (χ0) is 22.2. The Labute approximate surface area is 192 Å². The van der Waals surface area contributed by atoms with E-state index in [1.807, 2.05) is 24.3 Å². The average Bonchev–Trinajstić information content (AvgIpc) is 3.23. The van der Waals surface area contributed by atoms with E-state index in [0.717, 1.165) is 42.7 Å². The van der Waals surface area contributed by atoms with Crippen LogP contribution in [-0.4, -0.2) is 42.8 Å². The molecule has 1 saturated heterocycles. The second kappa shape index (κ2) is 8.81. The molecule has 0 N–H and O–H groups in total. The standard InChI is InChI=1S/C24H26Cl2N2O3/c1-16(29)24(15-27-11-3-4-12-27)20-6-5-7-23(31-17(2)30)19(20)10-13-28(24)18-8-9-21(25)22(26)14-18/h5-9,14H,3-4,10-13,15H2,1-2H3. The number of ketones is 1. The van der Waals surface area contributed by atoms with Gasteiger partial charge in [-0.1, -0.05) is 35.3 Å². The van der Waals surface area contributed by atoms with Gasteiger partial charge in [0.25, 0.3) is 0 Å². The minimum atomic E-state index is -0.911. The Morgan fingerprint density at radius 2 is 1.77 bits per heavy atom. The quantitative estimate of drug-likeness (QED) is 0.470. The van der Waals surface area contributed by atoms with Gasteiger partial charge in [-0.3, -0.25) is 9.59 Å². The Bertz CT molecular complexity index is 1020. The van der Waals surface area contributed by atoms with Crippen LogP contribution in [0.3, 0.4) is 0 Å². The van der Waals surface area contributed by atoms with Crippen LogP contribution in [0.25, 0.3) is 0 Å². The molecule has 4 rings (SSSR count). The van der Waals surface area contributed by atoms with E-state index in [0.29, 0.717) is 35.3 Å². The molecule has 2 aromatic carbocycles. The number of nitrogens with zero attached hydrogens (tertiary/aromatic N) is 2. The normalized spacial score (nSPS) is 21.1. The fourth-order valence-electron chi connectivity index (χ4n) is 4.95. The molecule has 2 aliphatic heterocycles. The van der Waals surface area contributed by atoms with Crippen molar-refractivity contribution in [3.8, 4) is 5.75 Å². The lowest BCUT2D eigenvalue weighted by atomic mass is 9.76. The molecule has 1 atom stereocenters. The van der Waals surface area contributed by atoms with Gasteiger partial charge >= 0.3 is 5.97 Å². The number of carbonyl (C=O) groups excluding carboxylic acids is 2. The van der Waals surface area contributed by atoms with Crippen molar-refractivity contribution in [2.24, 2.45) is 0 Å². The van der Waals surface area contributed by atoms with E-state index in [2.05, 4.69) is 9.80 Å². The highest BCUT2D eigenvalue weighted by atomic mass is 35.5. The Hall–Kier alpha value is -2.08. The van der Waals surface area contributed by atoms with Gasteiger partial charge in [0.2, 0.25) is 0 Å². The number of esters is 1. The largest absolute Gasteiger partial charge is 0.426 e. The number of hydrogen-bond acceptors (Lipinski definition) is 5. The summed E-state index contributed by atoms with van der Waals surface area (Å²) < 4.78 is 5.51. The number of hydrogen-bond donors (Lipinski definition) is 0. The van der Waals surface area contributed by atoms with Crippen molar-refractivity contribution in [2.45, 2.75) is 38.6 Å². The fraction of sp³-hybridized carbons (Fsp3) is 0.417. The zero-order valence-corrected chi connectivity index (χ0v) is 19.3. The predicted molar refractivity (Wildman–Crippen MR) is 123 cm³/mol. The molecule has 0 bridgehead atoms. The van der Waals surface area contributed by atoms with Crippen LogP contribution in [0.5, 0.6) is 5.75 Å². The molecule has 2 heterocycles. The zero-order valence-electron chi connectivity index (χ0n) is 17.8. The maximum absolute atomic E-state index is 13.5. The topological polar surface area (TPSA) is 49.9 Å². The molecule has 0 radical (unpaired) electrons. The summed E-state index contributed by atoms with van der Waals surface area (Å²) in [5.74, 6) is 0.213. The van der Waals surface area contributed by atoms with Crippen LogP contribution in [0, 0.1) is 0 Å². The van der Waals surface area contributed by atoms with Crippen molar-refractivity contribution in [1.82, 2.24) is 4.90 Å². The highest BCUT2D eigenvalue weighted by molar-refractivity contribution is 6.42. The molecule has 1 fully saturated rings. The third-order valence-corrected chi connectivity index (χ3v) is 7.07. The van der Waals surface area contributed by atoms with Crippen molar-refractivity contribution in [3.63, 3.8) is 0 Å². The number of Topliss-reactive ketones (excluding diaryl/α,β-unsaturated/α-hetero) is 1. The van der Waals surface area contributed by atoms with Crippen LogP contribution in [-0.2, 0) is 21.5 Å². The molecule has 1 unspecified atom stereocenters. The van der Waals surface area contributed by atoms with Gasteiger partial charge in [0.05, 0.1) is 10.0 Å². The highest BCUT2D eigenvalue weighted by Gasteiger charge is 2.49. The van der Waals surface area contributed by atoms with Crippen molar-refractivity contribution < 1.29 is 14.3 Å². The van der Waals surface area contributed by atoms with Gasteiger partial charge in [0.1, 0.15) is 11.3 Å². The summed E-state index contributed by atoms with van der Waals surface area (Å²) in [6.45, 7) is 6.13. The van der Waals surface area contributed by atoms with Crippen molar-refractivity contribution in [1.29, 1.82) is 0 Å². The second-order valence-corrected chi connectivity index (χ2v) is 9.09. The first kappa shape index (κ1) is 22.1. The number of halogens is 2. The molecule has 164 valence electrons. The van der Waals surface area contributed by atoms with Crippen LogP contribution in [0.15, 0.2) is 36.4 Å². The van der Waals surface area contributed by atoms with Crippen molar-refractivity contribution >= 4 is 40.6 Å². The van der Waals surface area contributed by atoms with Gasteiger partial charge in [-0.25, -0.2) is 0 Å². The maximum atomic E-state index is 13.5. The summed E-state index contributed by atoms with van der Waals surface area (Å²) in [5, 5.41) is 0.935. The molecule has 31 heavy (non-hydrogen) atoms. The molecular formula is C24H26Cl2N2O3. The number of likely N-dealkylation sites (tertiary alicyclic amines) is 1. The summed E-state index contributed by atoms with van der Waals surface area (Å²) in [4.78, 5) is 29.7. The highest BCUT2D eigenvalue weighted by Crippen LogP contribution is 2.44. The Morgan fingerprint density at radius 1 is 1.03 bits per heavy atom. The molecule has 0 amide bonds. The van der Waals surface area contributed by atoms with E-state index >= 15 is 0 Å². The number of rotatable bonds is 5. The van der Waals surface area contributed by atoms with E-state index in [1.165, 1.54) is 6.92 Å². The molecule has 5 nitrogen and oxygen atoms in total. The fourth-order valence-corrected chi connectivity index (χ4v) is 5.24. The number of anilines is 1. The molecule has 2 aromatic rings. The molecular weight excluding hydrogens is 435 g/mol. The minimum absolute atomic E-state index is 0.0476. The van der Waals surface area contributed by atoms with Gasteiger partial charge < -0.3 is 14.5 Å². The van der Waals surface area contributed by atoms with Crippen molar-refractivity contribution in [2.75, 3.05) is 31.1 Å². The Kier molecular flexibility index (Phi) is 6.29. The monoisotopic (exact) mass is 460 g/mol. The van der Waals surface area contributed by atoms with Gasteiger partial charge in [-0.2, -0.15) is 0 Å². The third-order valence-electron chi connectivity index (χ3n) is 6.33. The van der Waals surface area contributed by atoms with Gasteiger partial charge in [0, 0.05) is 31.3 Å². The van der Waals surface area contributed by atoms with Gasteiger partial charge in [-0.15, -0.1) is 0 Å². The lowest BCUT2D eigenvalue weighted by molar-refractivity contribution is -0.131. The van der Waals surface area contributed by atoms with E-state index in [4.69, 9.17) is 27.9 Å². The summed E-state index contributed by atoms with van der Waals surface area (Å²) in [6, 6.07) is 11.2. The number of ether oxygens (including phenoxy) is 1. The molecule has 2 aliphatic rings. The first-order chi connectivity index (χ1) is 14.8. The molecule has 0 aromatic heterocycles. The van der Waals surface area contributed by atoms with Crippen LogP contribution in [0.1, 0.15) is 37.8 Å². The van der Waals surface area contributed by atoms with Gasteiger partial charge in [0.15, 0.2) is 5.78 Å². The SMILES string of the molecule is CC(=O)Oc1cccc2c1CCN(c1ccc(Cl)c(Cl)c1)C2(CN1CCCC1)C(C)=O. The molecule has 7 heteroatoms. The maximum Gasteiger partial charge on any atom is 0.308 e. The van der Waals surface area contributed by atoms with E-state index < -0.39 is 5.54 Å². The van der Waals surface area contributed by atoms with Crippen LogP contribution in [0.2, 0.25) is 10.0 Å². The Balaban J connectivity index is 1.90. The minimum Gasteiger partial charge on any atom is -0.426 e. The predicted octanol–water partition coefficient (Wildman–Crippen LogP) is 4.86. The Morgan fingerprint density at radius 3 is 2.42 bits per heavy atom. The van der Waals surface area contributed by atoms with E-state index in [-0.39, 0.29) is 11.8 Å². The first-order valence-corrected chi connectivity index (χ1v) is 11.4. The first-order valence-electron chi connectivity index (χ1n) is 10.6. The molecule has 0 aliphatic carbocycles. The average molecular weight is 461 g/mol. The summed E-state index contributed by atoms with van der Waals surface area (Å²) >= 11 is 12.5. The van der Waals surface area contributed by atoms with E-state index in [9.17, 15) is 9.59 Å². The second-order valence-electron chi connectivity index (χ2n) is 8.28. The summed E-state index contributed by atoms with van der Waals surface area (Å²) in [5.41, 5.74) is 1.75. The number of benzene rings is 2. The number of carbonyl (C=O) groups is 2. The van der Waals surface area contributed by atoms with Crippen molar-refractivity contribution in [3.05, 3.63) is 57.6 Å². The van der Waals surface area contributed by atoms with Crippen LogP contribution >= 0.6 is 23.2 Å². The van der Waals surface area contributed by atoms with Crippen LogP contribution < -0.4 is 9.64 Å². The van der Waals surface area contributed by atoms with Gasteiger partial charge in [-0.05, 0) is 69.1 Å². The lowest BCUT2D eigenvalue weighted by Crippen LogP contribution is -2.60. The molecule has 0 saturated carbocycles. The summed E-state index contributed by atoms with van der Waals surface area (Å²) in [7, 11) is 0. The smallest absolute Gasteiger partial charge is 0.308 e. The third kappa shape index (κ3) is 4.07. The summed E-state index contributed by atoms with van der Waals surface area (Å²) in [6.07, 6.45) is 2.90. The number of fused-ring (bicyclic) bond motifs is 1. The van der Waals surface area contributed by atoms with E-state index in [1.54, 1.807) is 19.1 Å². The van der Waals surface area contributed by atoms with Crippen LogP contribution in [0.4, 0.5) is 5.69 Å².